The number of nitrogens with one attached hydrogen (secondary N) is 1. The van der Waals surface area contributed by atoms with E-state index in [2.05, 4.69) is 10.3 Å². The summed E-state index contributed by atoms with van der Waals surface area (Å²) in [5.41, 5.74) is 2.45. The summed E-state index contributed by atoms with van der Waals surface area (Å²) in [7, 11) is 0. The summed E-state index contributed by atoms with van der Waals surface area (Å²) in [6.07, 6.45) is 4.34. The summed E-state index contributed by atoms with van der Waals surface area (Å²) < 4.78 is 7.34. The van der Waals surface area contributed by atoms with Crippen molar-refractivity contribution in [1.82, 2.24) is 14.7 Å². The van der Waals surface area contributed by atoms with E-state index >= 15 is 0 Å². The maximum absolute atomic E-state index is 12.1. The first-order valence-corrected chi connectivity index (χ1v) is 7.69. The van der Waals surface area contributed by atoms with Gasteiger partial charge in [0.25, 0.3) is 5.91 Å². The molecule has 2 heterocycles. The molecule has 1 atom stereocenters. The number of hydrogen-bond donors (Lipinski definition) is 2. The Kier molecular flexibility index (Phi) is 4.77. The number of rotatable bonds is 6. The SMILES string of the molecule is Cc1cccc(OCC(O)CNC(=O)c2ccn3cncc3c2)c1. The van der Waals surface area contributed by atoms with E-state index in [4.69, 9.17) is 4.74 Å². The van der Waals surface area contributed by atoms with Gasteiger partial charge in [-0.25, -0.2) is 4.98 Å². The van der Waals surface area contributed by atoms with Crippen LogP contribution in [0.4, 0.5) is 0 Å². The Morgan fingerprint density at radius 3 is 3.08 bits per heavy atom. The molecular formula is C18H19N3O3. The number of aromatic nitrogens is 2. The van der Waals surface area contributed by atoms with Gasteiger partial charge in [-0.3, -0.25) is 4.79 Å². The second-order valence-electron chi connectivity index (χ2n) is 5.63. The summed E-state index contributed by atoms with van der Waals surface area (Å²) in [6, 6.07) is 11.1. The molecule has 0 fully saturated rings. The standard InChI is InChI=1S/C18H19N3O3/c1-13-3-2-4-17(7-13)24-11-16(22)10-20-18(23)14-5-6-21-12-19-9-15(21)8-14/h2-9,12,16,22H,10-11H2,1H3,(H,20,23). The number of pyridine rings is 1. The van der Waals surface area contributed by atoms with Crippen molar-refractivity contribution < 1.29 is 14.6 Å². The summed E-state index contributed by atoms with van der Waals surface area (Å²) >= 11 is 0. The van der Waals surface area contributed by atoms with Crippen molar-refractivity contribution in [3.63, 3.8) is 0 Å². The number of aliphatic hydroxyl groups excluding tert-OH is 1. The van der Waals surface area contributed by atoms with Gasteiger partial charge in [0, 0.05) is 18.3 Å². The first-order valence-electron chi connectivity index (χ1n) is 7.69. The highest BCUT2D eigenvalue weighted by molar-refractivity contribution is 5.95. The number of hydrogen-bond acceptors (Lipinski definition) is 4. The van der Waals surface area contributed by atoms with Crippen molar-refractivity contribution in [2.45, 2.75) is 13.0 Å². The smallest absolute Gasteiger partial charge is 0.251 e. The number of ether oxygens (including phenoxy) is 1. The van der Waals surface area contributed by atoms with E-state index in [0.717, 1.165) is 11.1 Å². The maximum atomic E-state index is 12.1. The third-order valence-electron chi connectivity index (χ3n) is 3.61. The fourth-order valence-corrected chi connectivity index (χ4v) is 2.33. The quantitative estimate of drug-likeness (QED) is 0.725. The lowest BCUT2D eigenvalue weighted by Crippen LogP contribution is -2.35. The molecule has 1 aromatic carbocycles. The number of benzene rings is 1. The third-order valence-corrected chi connectivity index (χ3v) is 3.61. The normalized spacial score (nSPS) is 12.1. The van der Waals surface area contributed by atoms with Crippen LogP contribution in [-0.4, -0.2) is 39.7 Å². The Morgan fingerprint density at radius 2 is 2.25 bits per heavy atom. The highest BCUT2D eigenvalue weighted by atomic mass is 16.5. The van der Waals surface area contributed by atoms with E-state index in [1.807, 2.05) is 35.6 Å². The van der Waals surface area contributed by atoms with Crippen LogP contribution in [-0.2, 0) is 0 Å². The maximum Gasteiger partial charge on any atom is 0.251 e. The molecule has 2 N–H and O–H groups in total. The molecule has 0 spiro atoms. The molecule has 24 heavy (non-hydrogen) atoms. The number of fused-ring (bicyclic) bond motifs is 1. The minimum absolute atomic E-state index is 0.116. The topological polar surface area (TPSA) is 75.9 Å². The molecule has 1 amide bonds. The number of carbonyl (C=O) groups is 1. The van der Waals surface area contributed by atoms with Gasteiger partial charge >= 0.3 is 0 Å². The van der Waals surface area contributed by atoms with E-state index in [-0.39, 0.29) is 19.1 Å². The first kappa shape index (κ1) is 16.0. The minimum atomic E-state index is -0.784. The highest BCUT2D eigenvalue weighted by Crippen LogP contribution is 2.12. The molecule has 2 aromatic heterocycles. The number of aryl methyl sites for hydroxylation is 1. The number of amides is 1. The second-order valence-corrected chi connectivity index (χ2v) is 5.63. The predicted molar refractivity (Wildman–Crippen MR) is 90.2 cm³/mol. The average molecular weight is 325 g/mol. The van der Waals surface area contributed by atoms with Crippen LogP contribution < -0.4 is 10.1 Å². The molecule has 1 unspecified atom stereocenters. The first-order chi connectivity index (χ1) is 11.6. The van der Waals surface area contributed by atoms with Gasteiger partial charge in [-0.05, 0) is 36.8 Å². The van der Waals surface area contributed by atoms with Crippen molar-refractivity contribution in [2.24, 2.45) is 0 Å². The Balaban J connectivity index is 1.50. The number of carbonyl (C=O) groups excluding carboxylic acids is 1. The Hall–Kier alpha value is -2.86. The molecule has 6 heteroatoms. The number of nitrogens with zero attached hydrogens (tertiary/aromatic N) is 2. The van der Waals surface area contributed by atoms with Crippen LogP contribution in [0.2, 0.25) is 0 Å². The van der Waals surface area contributed by atoms with Crippen molar-refractivity contribution in [3.05, 3.63) is 66.2 Å². The van der Waals surface area contributed by atoms with Gasteiger partial charge in [-0.15, -0.1) is 0 Å². The van der Waals surface area contributed by atoms with Crippen LogP contribution in [0.5, 0.6) is 5.75 Å². The summed E-state index contributed by atoms with van der Waals surface area (Å²) in [5, 5.41) is 12.7. The number of imidazole rings is 1. The molecule has 3 rings (SSSR count). The van der Waals surface area contributed by atoms with E-state index in [1.165, 1.54) is 0 Å². The van der Waals surface area contributed by atoms with Gasteiger partial charge < -0.3 is 19.6 Å². The third kappa shape index (κ3) is 3.91. The zero-order valence-corrected chi connectivity index (χ0v) is 13.3. The summed E-state index contributed by atoms with van der Waals surface area (Å²) in [4.78, 5) is 16.2. The molecule has 3 aromatic rings. The van der Waals surface area contributed by atoms with Gasteiger partial charge in [-0.1, -0.05) is 12.1 Å². The molecular weight excluding hydrogens is 306 g/mol. The zero-order valence-electron chi connectivity index (χ0n) is 13.3. The zero-order chi connectivity index (χ0) is 16.9. The molecule has 0 saturated heterocycles. The summed E-state index contributed by atoms with van der Waals surface area (Å²) in [5.74, 6) is 0.458. The minimum Gasteiger partial charge on any atom is -0.491 e. The van der Waals surface area contributed by atoms with Crippen molar-refractivity contribution in [2.75, 3.05) is 13.2 Å². The van der Waals surface area contributed by atoms with E-state index < -0.39 is 6.10 Å². The van der Waals surface area contributed by atoms with Crippen molar-refractivity contribution in [1.29, 1.82) is 0 Å². The lowest BCUT2D eigenvalue weighted by molar-refractivity contribution is 0.0843. The van der Waals surface area contributed by atoms with Gasteiger partial charge in [-0.2, -0.15) is 0 Å². The van der Waals surface area contributed by atoms with Gasteiger partial charge in [0.2, 0.25) is 0 Å². The van der Waals surface area contributed by atoms with Gasteiger partial charge in [0.1, 0.15) is 18.5 Å². The van der Waals surface area contributed by atoms with Crippen molar-refractivity contribution in [3.8, 4) is 5.75 Å². The van der Waals surface area contributed by atoms with Crippen LogP contribution in [0.1, 0.15) is 15.9 Å². The average Bonchev–Trinajstić information content (AvgIpc) is 3.05. The van der Waals surface area contributed by atoms with Crippen LogP contribution in [0.25, 0.3) is 5.52 Å². The van der Waals surface area contributed by atoms with Gasteiger partial charge in [0.05, 0.1) is 18.0 Å². The molecule has 0 aliphatic rings. The van der Waals surface area contributed by atoms with E-state index in [9.17, 15) is 9.90 Å². The Labute approximate surface area is 139 Å². The lowest BCUT2D eigenvalue weighted by Gasteiger charge is -2.13. The largest absolute Gasteiger partial charge is 0.491 e. The number of aliphatic hydroxyl groups is 1. The second kappa shape index (κ2) is 7.14. The predicted octanol–water partition coefficient (Wildman–Crippen LogP) is 1.81. The molecule has 0 bridgehead atoms. The molecule has 6 nitrogen and oxygen atoms in total. The van der Waals surface area contributed by atoms with E-state index in [1.54, 1.807) is 30.9 Å². The molecule has 0 radical (unpaired) electrons. The fourth-order valence-electron chi connectivity index (χ4n) is 2.33. The molecule has 0 saturated carbocycles. The van der Waals surface area contributed by atoms with E-state index in [0.29, 0.717) is 11.3 Å². The fraction of sp³-hybridized carbons (Fsp3) is 0.222. The van der Waals surface area contributed by atoms with Crippen LogP contribution in [0.3, 0.4) is 0 Å². The Morgan fingerprint density at radius 1 is 1.38 bits per heavy atom. The molecule has 124 valence electrons. The Bertz CT molecular complexity index is 844. The highest BCUT2D eigenvalue weighted by Gasteiger charge is 2.10. The van der Waals surface area contributed by atoms with Crippen LogP contribution >= 0.6 is 0 Å². The molecule has 0 aliphatic heterocycles. The van der Waals surface area contributed by atoms with Crippen LogP contribution in [0.15, 0.2) is 55.1 Å². The van der Waals surface area contributed by atoms with Gasteiger partial charge in [0.15, 0.2) is 0 Å². The van der Waals surface area contributed by atoms with Crippen LogP contribution in [0, 0.1) is 6.92 Å². The summed E-state index contributed by atoms with van der Waals surface area (Å²) in [6.45, 7) is 2.21. The lowest BCUT2D eigenvalue weighted by atomic mass is 10.2. The molecule has 0 aliphatic carbocycles. The van der Waals surface area contributed by atoms with Crippen molar-refractivity contribution >= 4 is 11.4 Å². The monoisotopic (exact) mass is 325 g/mol.